The van der Waals surface area contributed by atoms with Gasteiger partial charge in [0.1, 0.15) is 5.01 Å². The predicted molar refractivity (Wildman–Crippen MR) is 68.6 cm³/mol. The number of hydrogen-bond acceptors (Lipinski definition) is 4. The Kier molecular flexibility index (Phi) is 3.66. The minimum absolute atomic E-state index is 0.767. The third-order valence-electron chi connectivity index (χ3n) is 2.01. The van der Waals surface area contributed by atoms with Gasteiger partial charge in [-0.1, -0.05) is 53.8 Å². The van der Waals surface area contributed by atoms with Crippen LogP contribution >= 0.6 is 11.3 Å². The molecule has 1 aromatic carbocycles. The van der Waals surface area contributed by atoms with E-state index in [0.29, 0.717) is 0 Å². The zero-order valence-electron chi connectivity index (χ0n) is 9.05. The number of rotatable bonds is 4. The Hall–Kier alpha value is -1.68. The zero-order chi connectivity index (χ0) is 11.2. The molecule has 0 unspecified atom stereocenters. The minimum Gasteiger partial charge on any atom is -0.357 e. The number of nitrogens with one attached hydrogen (secondary N) is 1. The van der Waals surface area contributed by atoms with Crippen LogP contribution in [-0.4, -0.2) is 16.7 Å². The summed E-state index contributed by atoms with van der Waals surface area (Å²) in [6, 6.07) is 10.2. The van der Waals surface area contributed by atoms with Crippen molar-refractivity contribution in [3.63, 3.8) is 0 Å². The molecule has 0 atom stereocenters. The van der Waals surface area contributed by atoms with Crippen LogP contribution in [-0.2, 0) is 0 Å². The van der Waals surface area contributed by atoms with E-state index in [0.717, 1.165) is 16.7 Å². The first-order valence-corrected chi connectivity index (χ1v) is 5.92. The molecule has 0 bridgehead atoms. The molecular weight excluding hydrogens is 218 g/mol. The summed E-state index contributed by atoms with van der Waals surface area (Å²) in [5.41, 5.74) is 1.21. The van der Waals surface area contributed by atoms with Gasteiger partial charge in [0, 0.05) is 6.54 Å². The van der Waals surface area contributed by atoms with Gasteiger partial charge in [0.05, 0.1) is 0 Å². The lowest BCUT2D eigenvalue weighted by Gasteiger charge is -1.95. The summed E-state index contributed by atoms with van der Waals surface area (Å²) in [6.07, 6.45) is 4.16. The number of nitrogens with zero attached hydrogens (tertiary/aromatic N) is 2. The molecule has 16 heavy (non-hydrogen) atoms. The van der Waals surface area contributed by atoms with E-state index >= 15 is 0 Å². The quantitative estimate of drug-likeness (QED) is 0.879. The maximum atomic E-state index is 3.98. The van der Waals surface area contributed by atoms with Crippen molar-refractivity contribution < 1.29 is 0 Å². The molecule has 0 aliphatic carbocycles. The SMILES string of the molecule is Cc1nnc(NCC=Cc2ccccc2)s1. The van der Waals surface area contributed by atoms with Crippen LogP contribution in [0.2, 0.25) is 0 Å². The van der Waals surface area contributed by atoms with Crippen LogP contribution in [0.5, 0.6) is 0 Å². The van der Waals surface area contributed by atoms with E-state index in [1.807, 2.05) is 25.1 Å². The Bertz CT molecular complexity index is 462. The zero-order valence-corrected chi connectivity index (χ0v) is 9.87. The average Bonchev–Trinajstić information content (AvgIpc) is 2.72. The van der Waals surface area contributed by atoms with Crippen LogP contribution in [0, 0.1) is 6.92 Å². The van der Waals surface area contributed by atoms with E-state index in [2.05, 4.69) is 39.8 Å². The molecule has 0 saturated heterocycles. The molecule has 0 aliphatic heterocycles. The molecule has 4 heteroatoms. The van der Waals surface area contributed by atoms with Crippen molar-refractivity contribution in [3.05, 3.63) is 47.0 Å². The predicted octanol–water partition coefficient (Wildman–Crippen LogP) is 2.97. The second-order valence-corrected chi connectivity index (χ2v) is 4.50. The molecule has 0 saturated carbocycles. The second-order valence-electron chi connectivity index (χ2n) is 3.32. The first-order chi connectivity index (χ1) is 7.84. The van der Waals surface area contributed by atoms with E-state index in [9.17, 15) is 0 Å². The summed E-state index contributed by atoms with van der Waals surface area (Å²) in [6.45, 7) is 2.71. The van der Waals surface area contributed by atoms with E-state index in [-0.39, 0.29) is 0 Å². The highest BCUT2D eigenvalue weighted by molar-refractivity contribution is 7.15. The molecular formula is C12H13N3S. The lowest BCUT2D eigenvalue weighted by molar-refractivity contribution is 1.04. The van der Waals surface area contributed by atoms with Crippen molar-refractivity contribution in [2.75, 3.05) is 11.9 Å². The standard InChI is InChI=1S/C12H13N3S/c1-10-14-15-12(16-10)13-9-5-8-11-6-3-2-4-7-11/h2-8H,9H2,1H3,(H,13,15). The Labute approximate surface area is 98.9 Å². The summed E-state index contributed by atoms with van der Waals surface area (Å²) < 4.78 is 0. The van der Waals surface area contributed by atoms with Gasteiger partial charge < -0.3 is 5.32 Å². The number of benzene rings is 1. The van der Waals surface area contributed by atoms with Crippen molar-refractivity contribution in [2.45, 2.75) is 6.92 Å². The summed E-state index contributed by atoms with van der Waals surface area (Å²) >= 11 is 1.57. The first kappa shape index (κ1) is 10.8. The highest BCUT2D eigenvalue weighted by atomic mass is 32.1. The maximum Gasteiger partial charge on any atom is 0.205 e. The molecule has 0 spiro atoms. The fraction of sp³-hybridized carbons (Fsp3) is 0.167. The fourth-order valence-corrected chi connectivity index (χ4v) is 1.87. The molecule has 1 heterocycles. The van der Waals surface area contributed by atoms with Crippen LogP contribution in [0.15, 0.2) is 36.4 Å². The van der Waals surface area contributed by atoms with Gasteiger partial charge in [0.2, 0.25) is 5.13 Å². The average molecular weight is 231 g/mol. The van der Waals surface area contributed by atoms with Crippen molar-refractivity contribution in [3.8, 4) is 0 Å². The van der Waals surface area contributed by atoms with Crippen LogP contribution < -0.4 is 5.32 Å². The molecule has 0 amide bonds. The van der Waals surface area contributed by atoms with Gasteiger partial charge in [-0.25, -0.2) is 0 Å². The minimum atomic E-state index is 0.767. The van der Waals surface area contributed by atoms with Gasteiger partial charge in [-0.2, -0.15) is 0 Å². The van der Waals surface area contributed by atoms with E-state index in [4.69, 9.17) is 0 Å². The molecule has 0 radical (unpaired) electrons. The normalized spacial score (nSPS) is 10.8. The Morgan fingerprint density at radius 3 is 2.75 bits per heavy atom. The van der Waals surface area contributed by atoms with Crippen LogP contribution in [0.4, 0.5) is 5.13 Å². The summed E-state index contributed by atoms with van der Waals surface area (Å²) in [7, 11) is 0. The molecule has 1 aromatic heterocycles. The lowest BCUT2D eigenvalue weighted by atomic mass is 10.2. The number of hydrogen-bond donors (Lipinski definition) is 1. The van der Waals surface area contributed by atoms with Crippen LogP contribution in [0.3, 0.4) is 0 Å². The lowest BCUT2D eigenvalue weighted by Crippen LogP contribution is -1.96. The van der Waals surface area contributed by atoms with E-state index < -0.39 is 0 Å². The van der Waals surface area contributed by atoms with Gasteiger partial charge in [-0.3, -0.25) is 0 Å². The van der Waals surface area contributed by atoms with Gasteiger partial charge in [0.25, 0.3) is 0 Å². The number of aromatic nitrogens is 2. The fourth-order valence-electron chi connectivity index (χ4n) is 1.27. The second kappa shape index (κ2) is 5.42. The third-order valence-corrected chi connectivity index (χ3v) is 2.80. The Morgan fingerprint density at radius 2 is 2.06 bits per heavy atom. The molecule has 2 aromatic rings. The van der Waals surface area contributed by atoms with E-state index in [1.54, 1.807) is 11.3 Å². The maximum absolute atomic E-state index is 3.98. The van der Waals surface area contributed by atoms with E-state index in [1.165, 1.54) is 5.56 Å². The smallest absolute Gasteiger partial charge is 0.205 e. The summed E-state index contributed by atoms with van der Waals surface area (Å²) in [5, 5.41) is 13.0. The first-order valence-electron chi connectivity index (χ1n) is 5.10. The third kappa shape index (κ3) is 3.17. The molecule has 82 valence electrons. The summed E-state index contributed by atoms with van der Waals surface area (Å²) in [4.78, 5) is 0. The van der Waals surface area contributed by atoms with Crippen LogP contribution in [0.25, 0.3) is 6.08 Å². The number of aryl methyl sites for hydroxylation is 1. The molecule has 3 nitrogen and oxygen atoms in total. The monoisotopic (exact) mass is 231 g/mol. The molecule has 0 aliphatic rings. The van der Waals surface area contributed by atoms with Crippen molar-refractivity contribution in [1.82, 2.24) is 10.2 Å². The van der Waals surface area contributed by atoms with Gasteiger partial charge >= 0.3 is 0 Å². The van der Waals surface area contributed by atoms with Gasteiger partial charge in [-0.15, -0.1) is 10.2 Å². The van der Waals surface area contributed by atoms with Gasteiger partial charge in [0.15, 0.2) is 0 Å². The largest absolute Gasteiger partial charge is 0.357 e. The molecule has 1 N–H and O–H groups in total. The van der Waals surface area contributed by atoms with Crippen molar-refractivity contribution >= 4 is 22.5 Å². The van der Waals surface area contributed by atoms with Crippen molar-refractivity contribution in [2.24, 2.45) is 0 Å². The Balaban J connectivity index is 1.82. The van der Waals surface area contributed by atoms with Crippen molar-refractivity contribution in [1.29, 1.82) is 0 Å². The highest BCUT2D eigenvalue weighted by Crippen LogP contribution is 2.13. The topological polar surface area (TPSA) is 37.8 Å². The number of anilines is 1. The summed E-state index contributed by atoms with van der Waals surface area (Å²) in [5.74, 6) is 0. The molecule has 2 rings (SSSR count). The Morgan fingerprint density at radius 1 is 1.25 bits per heavy atom. The van der Waals surface area contributed by atoms with Gasteiger partial charge in [-0.05, 0) is 12.5 Å². The van der Waals surface area contributed by atoms with Crippen LogP contribution in [0.1, 0.15) is 10.6 Å². The highest BCUT2D eigenvalue weighted by Gasteiger charge is 1.95. The molecule has 0 fully saturated rings.